The van der Waals surface area contributed by atoms with Crippen molar-refractivity contribution < 1.29 is 13.2 Å². The summed E-state index contributed by atoms with van der Waals surface area (Å²) in [6.45, 7) is 5.39. The summed E-state index contributed by atoms with van der Waals surface area (Å²) < 4.78 is 27.5. The molecule has 1 aromatic heterocycles. The van der Waals surface area contributed by atoms with Gasteiger partial charge >= 0.3 is 0 Å². The number of aryl methyl sites for hydroxylation is 1. The van der Waals surface area contributed by atoms with Crippen LogP contribution in [0.15, 0.2) is 69.2 Å². The highest BCUT2D eigenvalue weighted by Crippen LogP contribution is 2.23. The van der Waals surface area contributed by atoms with Crippen molar-refractivity contribution in [1.82, 2.24) is 9.88 Å². The number of carbonyl (C=O) groups is 1. The maximum atomic E-state index is 13.2. The molecule has 2 aromatic carbocycles. The molecule has 0 radical (unpaired) electrons. The standard InChI is InChI=1S/C22H24N2O4S/c1-4-16-10-11-19-17(12-16)13-20(29(27,28)18-8-6-5-7-9-18)22(26)24(19)14-21(25)23-15(2)3/h5-13,15H,4,14H2,1-3H3,(H,23,25). The number of pyridine rings is 1. The predicted octanol–water partition coefficient (Wildman–Crippen LogP) is 2.92. The summed E-state index contributed by atoms with van der Waals surface area (Å²) in [4.78, 5) is 25.2. The molecule has 0 atom stereocenters. The van der Waals surface area contributed by atoms with Crippen LogP contribution in [0, 0.1) is 0 Å². The van der Waals surface area contributed by atoms with Crippen LogP contribution in [0.1, 0.15) is 26.3 Å². The largest absolute Gasteiger partial charge is 0.352 e. The minimum atomic E-state index is -4.03. The van der Waals surface area contributed by atoms with E-state index in [0.29, 0.717) is 10.9 Å². The molecule has 1 heterocycles. The highest BCUT2D eigenvalue weighted by Gasteiger charge is 2.24. The Balaban J connectivity index is 2.27. The van der Waals surface area contributed by atoms with Gasteiger partial charge in [-0.3, -0.25) is 14.2 Å². The number of hydrogen-bond acceptors (Lipinski definition) is 4. The zero-order valence-corrected chi connectivity index (χ0v) is 17.5. The van der Waals surface area contributed by atoms with Gasteiger partial charge in [-0.15, -0.1) is 0 Å². The van der Waals surface area contributed by atoms with E-state index in [1.54, 1.807) is 24.3 Å². The number of nitrogens with zero attached hydrogens (tertiary/aromatic N) is 1. The van der Waals surface area contributed by atoms with Crippen LogP contribution in [-0.2, 0) is 27.6 Å². The molecule has 6 nitrogen and oxygen atoms in total. The fourth-order valence-corrected chi connectivity index (χ4v) is 4.61. The summed E-state index contributed by atoms with van der Waals surface area (Å²) in [5, 5.41) is 3.35. The van der Waals surface area contributed by atoms with Gasteiger partial charge in [-0.1, -0.05) is 31.2 Å². The van der Waals surface area contributed by atoms with Crippen molar-refractivity contribution in [2.45, 2.75) is 49.6 Å². The first-order valence-electron chi connectivity index (χ1n) is 9.50. The molecule has 0 saturated carbocycles. The Labute approximate surface area is 170 Å². The highest BCUT2D eigenvalue weighted by molar-refractivity contribution is 7.91. The van der Waals surface area contributed by atoms with Crippen LogP contribution in [0.5, 0.6) is 0 Å². The molecule has 29 heavy (non-hydrogen) atoms. The lowest BCUT2D eigenvalue weighted by atomic mass is 10.1. The SMILES string of the molecule is CCc1ccc2c(c1)cc(S(=O)(=O)c1ccccc1)c(=O)n2CC(=O)NC(C)C. The molecule has 0 saturated heterocycles. The van der Waals surface area contributed by atoms with Crippen LogP contribution in [0.2, 0.25) is 0 Å². The maximum absolute atomic E-state index is 13.2. The zero-order valence-electron chi connectivity index (χ0n) is 16.7. The van der Waals surface area contributed by atoms with Gasteiger partial charge in [0.15, 0.2) is 0 Å². The van der Waals surface area contributed by atoms with E-state index >= 15 is 0 Å². The number of rotatable bonds is 6. The van der Waals surface area contributed by atoms with Crippen LogP contribution in [0.4, 0.5) is 0 Å². The molecule has 0 bridgehead atoms. The van der Waals surface area contributed by atoms with Crippen molar-refractivity contribution in [3.8, 4) is 0 Å². The van der Waals surface area contributed by atoms with Gasteiger partial charge in [-0.2, -0.15) is 0 Å². The van der Waals surface area contributed by atoms with Crippen LogP contribution in [-0.4, -0.2) is 24.9 Å². The van der Waals surface area contributed by atoms with E-state index in [1.165, 1.54) is 22.8 Å². The quantitative estimate of drug-likeness (QED) is 0.675. The van der Waals surface area contributed by atoms with Gasteiger partial charge in [-0.05, 0) is 56.2 Å². The van der Waals surface area contributed by atoms with Gasteiger partial charge in [0.2, 0.25) is 15.7 Å². The minimum Gasteiger partial charge on any atom is -0.352 e. The third-order valence-corrected chi connectivity index (χ3v) is 6.39. The number of sulfone groups is 1. The molecular formula is C22H24N2O4S. The summed E-state index contributed by atoms with van der Waals surface area (Å²) in [7, 11) is -4.03. The normalized spacial score (nSPS) is 11.7. The molecular weight excluding hydrogens is 388 g/mol. The second-order valence-corrected chi connectivity index (χ2v) is 9.10. The topological polar surface area (TPSA) is 85.2 Å². The number of aromatic nitrogens is 1. The Morgan fingerprint density at radius 3 is 2.38 bits per heavy atom. The van der Waals surface area contributed by atoms with Gasteiger partial charge in [-0.25, -0.2) is 8.42 Å². The predicted molar refractivity (Wildman–Crippen MR) is 113 cm³/mol. The van der Waals surface area contributed by atoms with Crippen LogP contribution in [0.25, 0.3) is 10.9 Å². The molecule has 0 spiro atoms. The first kappa shape index (κ1) is 20.8. The van der Waals surface area contributed by atoms with Crippen LogP contribution >= 0.6 is 0 Å². The molecule has 0 aliphatic heterocycles. The molecule has 152 valence electrons. The lowest BCUT2D eigenvalue weighted by molar-refractivity contribution is -0.122. The van der Waals surface area contributed by atoms with Crippen molar-refractivity contribution >= 4 is 26.6 Å². The van der Waals surface area contributed by atoms with Crippen LogP contribution < -0.4 is 10.9 Å². The third kappa shape index (κ3) is 4.24. The average Bonchev–Trinajstić information content (AvgIpc) is 2.69. The molecule has 1 amide bonds. The molecule has 3 aromatic rings. The Morgan fingerprint density at radius 1 is 1.07 bits per heavy atom. The van der Waals surface area contributed by atoms with E-state index in [2.05, 4.69) is 5.32 Å². The fraction of sp³-hybridized carbons (Fsp3) is 0.273. The van der Waals surface area contributed by atoms with Crippen molar-refractivity contribution in [3.05, 3.63) is 70.5 Å². The second-order valence-electron chi connectivity index (χ2n) is 7.19. The summed E-state index contributed by atoms with van der Waals surface area (Å²) in [6.07, 6.45) is 0.768. The molecule has 0 fully saturated rings. The smallest absolute Gasteiger partial charge is 0.270 e. The van der Waals surface area contributed by atoms with Gasteiger partial charge in [0, 0.05) is 11.4 Å². The summed E-state index contributed by atoms with van der Waals surface area (Å²) in [6, 6.07) is 14.7. The second kappa shape index (κ2) is 8.21. The molecule has 7 heteroatoms. The van der Waals surface area contributed by atoms with Crippen molar-refractivity contribution in [2.24, 2.45) is 0 Å². The number of hydrogen-bond donors (Lipinski definition) is 1. The van der Waals surface area contributed by atoms with Gasteiger partial charge in [0.25, 0.3) is 5.56 Å². The van der Waals surface area contributed by atoms with Gasteiger partial charge < -0.3 is 5.32 Å². The average molecular weight is 413 g/mol. The van der Waals surface area contributed by atoms with Crippen molar-refractivity contribution in [3.63, 3.8) is 0 Å². The fourth-order valence-electron chi connectivity index (χ4n) is 3.22. The molecule has 1 N–H and O–H groups in total. The number of carbonyl (C=O) groups excluding carboxylic acids is 1. The number of nitrogens with one attached hydrogen (secondary N) is 1. The van der Waals surface area contributed by atoms with Gasteiger partial charge in [0.1, 0.15) is 11.4 Å². The van der Waals surface area contributed by atoms with E-state index in [4.69, 9.17) is 0 Å². The summed E-state index contributed by atoms with van der Waals surface area (Å²) in [5.41, 5.74) is 0.833. The minimum absolute atomic E-state index is 0.0429. The number of amides is 1. The molecule has 3 rings (SSSR count). The monoisotopic (exact) mass is 412 g/mol. The first-order valence-corrected chi connectivity index (χ1v) is 11.0. The maximum Gasteiger partial charge on any atom is 0.270 e. The van der Waals surface area contributed by atoms with Crippen molar-refractivity contribution in [1.29, 1.82) is 0 Å². The molecule has 0 unspecified atom stereocenters. The summed E-state index contributed by atoms with van der Waals surface area (Å²) in [5.74, 6) is -0.350. The van der Waals surface area contributed by atoms with Gasteiger partial charge in [0.05, 0.1) is 10.4 Å². The lowest BCUT2D eigenvalue weighted by Crippen LogP contribution is -2.37. The van der Waals surface area contributed by atoms with E-state index in [9.17, 15) is 18.0 Å². The lowest BCUT2D eigenvalue weighted by Gasteiger charge is -2.15. The van der Waals surface area contributed by atoms with E-state index in [-0.39, 0.29) is 28.3 Å². The van der Waals surface area contributed by atoms with Crippen molar-refractivity contribution in [2.75, 3.05) is 0 Å². The third-order valence-electron chi connectivity index (χ3n) is 4.63. The molecule has 0 aliphatic carbocycles. The molecule has 0 aliphatic rings. The van der Waals surface area contributed by atoms with E-state index in [0.717, 1.165) is 12.0 Å². The van der Waals surface area contributed by atoms with E-state index < -0.39 is 15.4 Å². The van der Waals surface area contributed by atoms with Crippen LogP contribution in [0.3, 0.4) is 0 Å². The highest BCUT2D eigenvalue weighted by atomic mass is 32.2. The Bertz CT molecular complexity index is 1210. The first-order chi connectivity index (χ1) is 13.7. The number of benzene rings is 2. The number of fused-ring (bicyclic) bond motifs is 1. The zero-order chi connectivity index (χ0) is 21.2. The Morgan fingerprint density at radius 2 is 1.76 bits per heavy atom. The Kier molecular flexibility index (Phi) is 5.88. The Hall–Kier alpha value is -2.93. The van der Waals surface area contributed by atoms with E-state index in [1.807, 2.05) is 32.9 Å². The summed E-state index contributed by atoms with van der Waals surface area (Å²) >= 11 is 0.